The minimum Gasteiger partial charge on any atom is -0.333 e. The first-order chi connectivity index (χ1) is 12.3. The lowest BCUT2D eigenvalue weighted by Gasteiger charge is -2.33. The molecule has 0 spiro atoms. The molecule has 5 nitrogen and oxygen atoms in total. The Morgan fingerprint density at radius 2 is 2.00 bits per heavy atom. The van der Waals surface area contributed by atoms with E-state index in [1.54, 1.807) is 0 Å². The average Bonchev–Trinajstić information content (AvgIpc) is 3.04. The van der Waals surface area contributed by atoms with Crippen molar-refractivity contribution in [2.75, 3.05) is 13.1 Å². The fraction of sp³-hybridized carbons (Fsp3) is 0.312. The van der Waals surface area contributed by atoms with E-state index in [4.69, 9.17) is 0 Å². The van der Waals surface area contributed by atoms with Crippen LogP contribution in [0.5, 0.6) is 0 Å². The highest BCUT2D eigenvalue weighted by molar-refractivity contribution is 5.90. The Morgan fingerprint density at radius 3 is 2.62 bits per heavy atom. The van der Waals surface area contributed by atoms with Crippen molar-refractivity contribution in [1.29, 1.82) is 0 Å². The summed E-state index contributed by atoms with van der Waals surface area (Å²) in [5, 5.41) is 3.95. The maximum Gasteiger partial charge on any atom is 0.416 e. The van der Waals surface area contributed by atoms with Crippen LogP contribution in [0.1, 0.15) is 11.1 Å². The summed E-state index contributed by atoms with van der Waals surface area (Å²) < 4.78 is 65.4. The van der Waals surface area contributed by atoms with Gasteiger partial charge in [0.15, 0.2) is 5.82 Å². The van der Waals surface area contributed by atoms with Crippen molar-refractivity contribution < 1.29 is 26.7 Å². The lowest BCUT2D eigenvalue weighted by molar-refractivity contribution is -0.137. The first kappa shape index (κ1) is 18.0. The van der Waals surface area contributed by atoms with Gasteiger partial charge < -0.3 is 4.90 Å². The third-order valence-corrected chi connectivity index (χ3v) is 3.76. The molecule has 0 bridgehead atoms. The van der Waals surface area contributed by atoms with E-state index in [0.29, 0.717) is 0 Å². The Balaban J connectivity index is 1.80. The van der Waals surface area contributed by atoms with Crippen LogP contribution in [0.25, 0.3) is 17.6 Å². The van der Waals surface area contributed by atoms with Gasteiger partial charge in [0.25, 0.3) is 0 Å². The van der Waals surface area contributed by atoms with Crippen LogP contribution in [0, 0.1) is 0 Å². The molecule has 1 fully saturated rings. The number of hydrogen-bond acceptors (Lipinski definition) is 3. The van der Waals surface area contributed by atoms with Crippen LogP contribution in [-0.2, 0) is 17.6 Å². The van der Waals surface area contributed by atoms with Gasteiger partial charge in [0.05, 0.1) is 18.7 Å². The average molecular weight is 372 g/mol. The highest BCUT2D eigenvalue weighted by Crippen LogP contribution is 2.33. The van der Waals surface area contributed by atoms with Crippen molar-refractivity contribution >= 4 is 12.1 Å². The Kier molecular flexibility index (Phi) is 4.75. The molecule has 1 aromatic heterocycles. The molecule has 0 radical (unpaired) electrons. The molecule has 1 amide bonds. The lowest BCUT2D eigenvalue weighted by atomic mass is 10.1. The summed E-state index contributed by atoms with van der Waals surface area (Å²) in [6, 6.07) is 2.78. The van der Waals surface area contributed by atoms with Gasteiger partial charge in [-0.05, 0) is 23.8 Å². The molecule has 0 unspecified atom stereocenters. The van der Waals surface area contributed by atoms with Gasteiger partial charge in [-0.2, -0.15) is 13.2 Å². The molecule has 0 N–H and O–H groups in total. The number of aromatic nitrogens is 3. The minimum atomic E-state index is -4.62. The number of benzene rings is 1. The van der Waals surface area contributed by atoms with Crippen LogP contribution in [0.15, 0.2) is 30.6 Å². The zero-order valence-corrected chi connectivity index (χ0v) is 13.2. The number of carbonyl (C=O) groups is 1. The molecule has 10 heteroatoms. The highest BCUT2D eigenvalue weighted by atomic mass is 19.4. The van der Waals surface area contributed by atoms with Crippen molar-refractivity contribution in [3.05, 3.63) is 41.7 Å². The third kappa shape index (κ3) is 3.89. The molecule has 3 rings (SSSR count). The molecular weight excluding hydrogens is 359 g/mol. The van der Waals surface area contributed by atoms with Gasteiger partial charge in [-0.15, -0.1) is 5.10 Å². The molecule has 138 valence electrons. The van der Waals surface area contributed by atoms with Gasteiger partial charge in [0, 0.05) is 17.8 Å². The minimum absolute atomic E-state index is 0.00830. The largest absolute Gasteiger partial charge is 0.416 e. The standard InChI is InChI=1S/C16H13F5N4O/c17-6-10-3-11(5-12(4-10)16(19,20)21)15-22-9-25(23-15)2-1-14(26)24-7-13(18)8-24/h1-5,9,13H,6-8H2/b2-1-. The van der Waals surface area contributed by atoms with E-state index in [1.165, 1.54) is 23.5 Å². The van der Waals surface area contributed by atoms with E-state index >= 15 is 0 Å². The zero-order valence-electron chi connectivity index (χ0n) is 13.2. The van der Waals surface area contributed by atoms with E-state index in [2.05, 4.69) is 10.1 Å². The van der Waals surface area contributed by atoms with Crippen molar-refractivity contribution in [1.82, 2.24) is 19.7 Å². The number of amides is 1. The fourth-order valence-electron chi connectivity index (χ4n) is 2.39. The Morgan fingerprint density at radius 1 is 1.27 bits per heavy atom. The zero-order chi connectivity index (χ0) is 18.9. The lowest BCUT2D eigenvalue weighted by Crippen LogP contribution is -2.50. The van der Waals surface area contributed by atoms with Gasteiger partial charge in [-0.1, -0.05) is 0 Å². The number of halogens is 5. The predicted molar refractivity (Wildman–Crippen MR) is 82.1 cm³/mol. The Hall–Kier alpha value is -2.78. The predicted octanol–water partition coefficient (Wildman–Crippen LogP) is 3.08. The topological polar surface area (TPSA) is 51.0 Å². The molecule has 0 saturated carbocycles. The quantitative estimate of drug-likeness (QED) is 0.612. The van der Waals surface area contributed by atoms with E-state index in [0.717, 1.165) is 22.9 Å². The smallest absolute Gasteiger partial charge is 0.333 e. The van der Waals surface area contributed by atoms with Crippen molar-refractivity contribution in [2.45, 2.75) is 19.0 Å². The summed E-state index contributed by atoms with van der Waals surface area (Å²) in [5.74, 6) is -0.453. The van der Waals surface area contributed by atoms with E-state index in [-0.39, 0.29) is 30.0 Å². The second-order valence-electron chi connectivity index (χ2n) is 5.75. The van der Waals surface area contributed by atoms with Crippen LogP contribution in [0.2, 0.25) is 0 Å². The van der Waals surface area contributed by atoms with Crippen LogP contribution < -0.4 is 0 Å². The van der Waals surface area contributed by atoms with Crippen LogP contribution in [0.3, 0.4) is 0 Å². The van der Waals surface area contributed by atoms with Crippen molar-refractivity contribution in [2.24, 2.45) is 0 Å². The molecular formula is C16H13F5N4O. The Bertz CT molecular complexity index is 839. The fourth-order valence-corrected chi connectivity index (χ4v) is 2.39. The molecule has 1 saturated heterocycles. The highest BCUT2D eigenvalue weighted by Gasteiger charge is 2.31. The van der Waals surface area contributed by atoms with E-state index in [1.807, 2.05) is 0 Å². The summed E-state index contributed by atoms with van der Waals surface area (Å²) in [6.07, 6.45) is -2.03. The normalized spacial score (nSPS) is 15.5. The van der Waals surface area contributed by atoms with Gasteiger partial charge in [0.2, 0.25) is 5.91 Å². The van der Waals surface area contributed by atoms with Crippen LogP contribution in [-0.4, -0.2) is 44.8 Å². The van der Waals surface area contributed by atoms with Gasteiger partial charge in [-0.3, -0.25) is 4.79 Å². The van der Waals surface area contributed by atoms with Crippen molar-refractivity contribution in [3.63, 3.8) is 0 Å². The number of nitrogens with zero attached hydrogens (tertiary/aromatic N) is 4. The van der Waals surface area contributed by atoms with Gasteiger partial charge in [-0.25, -0.2) is 18.4 Å². The number of likely N-dealkylation sites (tertiary alicyclic amines) is 1. The summed E-state index contributed by atoms with van der Waals surface area (Å²) in [6.45, 7) is -0.999. The summed E-state index contributed by atoms with van der Waals surface area (Å²) in [4.78, 5) is 16.9. The van der Waals surface area contributed by atoms with Gasteiger partial charge in [0.1, 0.15) is 19.2 Å². The molecule has 2 heterocycles. The number of rotatable bonds is 4. The number of alkyl halides is 5. The third-order valence-electron chi connectivity index (χ3n) is 3.76. The second-order valence-corrected chi connectivity index (χ2v) is 5.75. The van der Waals surface area contributed by atoms with Crippen molar-refractivity contribution in [3.8, 4) is 11.4 Å². The number of hydrogen-bond donors (Lipinski definition) is 0. The number of carbonyl (C=O) groups excluding carboxylic acids is 1. The Labute approximate surface area is 144 Å². The van der Waals surface area contributed by atoms with E-state index in [9.17, 15) is 26.7 Å². The molecule has 2 aromatic rings. The maximum absolute atomic E-state index is 12.9. The van der Waals surface area contributed by atoms with Crippen LogP contribution >= 0.6 is 0 Å². The van der Waals surface area contributed by atoms with E-state index < -0.39 is 30.5 Å². The first-order valence-corrected chi connectivity index (χ1v) is 7.56. The maximum atomic E-state index is 12.9. The summed E-state index contributed by atoms with van der Waals surface area (Å²) >= 11 is 0. The molecule has 1 aliphatic heterocycles. The molecule has 1 aromatic carbocycles. The first-order valence-electron chi connectivity index (χ1n) is 7.56. The summed E-state index contributed by atoms with van der Waals surface area (Å²) in [5.41, 5.74) is -1.13. The molecule has 1 aliphatic rings. The molecule has 0 aliphatic carbocycles. The molecule has 26 heavy (non-hydrogen) atoms. The van der Waals surface area contributed by atoms with Gasteiger partial charge >= 0.3 is 6.18 Å². The van der Waals surface area contributed by atoms with Crippen LogP contribution in [0.4, 0.5) is 22.0 Å². The SMILES string of the molecule is O=C(/C=C\n1cnc(-c2cc(CF)cc(C(F)(F)F)c2)n1)N1CC(F)C1. The second kappa shape index (κ2) is 6.85. The summed E-state index contributed by atoms with van der Waals surface area (Å²) in [7, 11) is 0. The monoisotopic (exact) mass is 372 g/mol. The molecule has 0 atom stereocenters.